The minimum absolute atomic E-state index is 0.170. The average Bonchev–Trinajstić information content (AvgIpc) is 2.39. The summed E-state index contributed by atoms with van der Waals surface area (Å²) in [5, 5.41) is 3.55. The highest BCUT2D eigenvalue weighted by atomic mass is 79.9. The Bertz CT molecular complexity index is 397. The van der Waals surface area contributed by atoms with Crippen LogP contribution in [0.2, 0.25) is 0 Å². The monoisotopic (exact) mass is 314 g/mol. The lowest BCUT2D eigenvalue weighted by Gasteiger charge is -2.35. The molecule has 0 spiro atoms. The zero-order valence-electron chi connectivity index (χ0n) is 10.8. The van der Waals surface area contributed by atoms with Gasteiger partial charge in [0.2, 0.25) is 0 Å². The molecule has 1 saturated heterocycles. The van der Waals surface area contributed by atoms with E-state index in [1.165, 1.54) is 12.5 Å². The highest BCUT2D eigenvalue weighted by Crippen LogP contribution is 2.29. The Hall–Kier alpha value is -0.610. The summed E-state index contributed by atoms with van der Waals surface area (Å²) < 4.78 is 14.3. The topological polar surface area (TPSA) is 15.3 Å². The van der Waals surface area contributed by atoms with Gasteiger partial charge in [-0.15, -0.1) is 0 Å². The maximum Gasteiger partial charge on any atom is 0.125 e. The molecule has 1 fully saturated rings. The van der Waals surface area contributed by atoms with Crippen LogP contribution in [0.25, 0.3) is 0 Å². The van der Waals surface area contributed by atoms with Crippen LogP contribution in [0.3, 0.4) is 0 Å². The van der Waals surface area contributed by atoms with Crippen molar-refractivity contribution in [3.05, 3.63) is 28.5 Å². The smallest absolute Gasteiger partial charge is 0.125 e. The van der Waals surface area contributed by atoms with E-state index in [-0.39, 0.29) is 5.82 Å². The molecule has 2 nitrogen and oxygen atoms in total. The number of nitrogens with zero attached hydrogens (tertiary/aromatic N) is 1. The summed E-state index contributed by atoms with van der Waals surface area (Å²) in [4.78, 5) is 2.27. The molecule has 0 aliphatic carbocycles. The van der Waals surface area contributed by atoms with Crippen LogP contribution in [0.1, 0.15) is 26.2 Å². The van der Waals surface area contributed by atoms with E-state index in [0.29, 0.717) is 6.04 Å². The largest absolute Gasteiger partial charge is 0.369 e. The second-order valence-corrected chi connectivity index (χ2v) is 5.69. The van der Waals surface area contributed by atoms with E-state index in [4.69, 9.17) is 0 Å². The maximum absolute atomic E-state index is 13.3. The van der Waals surface area contributed by atoms with Gasteiger partial charge in [0.15, 0.2) is 0 Å². The standard InChI is InChI=1S/C14H20BrFN2/c1-2-7-17-12-4-3-8-18(10-12)14-9-11(16)5-6-13(14)15/h5-6,9,12,17H,2-4,7-8,10H2,1H3. The summed E-state index contributed by atoms with van der Waals surface area (Å²) in [5.74, 6) is -0.170. The van der Waals surface area contributed by atoms with Crippen LogP contribution in [0.4, 0.5) is 10.1 Å². The predicted molar refractivity (Wildman–Crippen MR) is 77.6 cm³/mol. The van der Waals surface area contributed by atoms with E-state index < -0.39 is 0 Å². The fourth-order valence-electron chi connectivity index (χ4n) is 2.44. The summed E-state index contributed by atoms with van der Waals surface area (Å²) in [6.45, 7) is 5.20. The van der Waals surface area contributed by atoms with Gasteiger partial charge in [0.25, 0.3) is 0 Å². The van der Waals surface area contributed by atoms with Gasteiger partial charge in [0.1, 0.15) is 5.82 Å². The number of hydrogen-bond acceptors (Lipinski definition) is 2. The normalized spacial score (nSPS) is 20.2. The van der Waals surface area contributed by atoms with Gasteiger partial charge in [-0.3, -0.25) is 0 Å². The lowest BCUT2D eigenvalue weighted by Crippen LogP contribution is -2.46. The van der Waals surface area contributed by atoms with Crippen LogP contribution in [0, 0.1) is 5.82 Å². The van der Waals surface area contributed by atoms with Gasteiger partial charge in [-0.05, 0) is 59.9 Å². The van der Waals surface area contributed by atoms with Crippen molar-refractivity contribution in [2.75, 3.05) is 24.5 Å². The molecule has 18 heavy (non-hydrogen) atoms. The molecule has 0 saturated carbocycles. The molecule has 0 aromatic heterocycles. The Morgan fingerprint density at radius 3 is 3.11 bits per heavy atom. The van der Waals surface area contributed by atoms with Gasteiger partial charge in [0.05, 0.1) is 5.69 Å². The van der Waals surface area contributed by atoms with Crippen molar-refractivity contribution < 1.29 is 4.39 Å². The predicted octanol–water partition coefficient (Wildman–Crippen LogP) is 3.56. The third-order valence-electron chi connectivity index (χ3n) is 3.35. The molecular weight excluding hydrogens is 295 g/mol. The third-order valence-corrected chi connectivity index (χ3v) is 4.02. The van der Waals surface area contributed by atoms with Crippen LogP contribution in [0.5, 0.6) is 0 Å². The number of benzene rings is 1. The Labute approximate surface area is 117 Å². The van der Waals surface area contributed by atoms with Gasteiger partial charge < -0.3 is 10.2 Å². The maximum atomic E-state index is 13.3. The summed E-state index contributed by atoms with van der Waals surface area (Å²) in [5.41, 5.74) is 0.970. The fourth-order valence-corrected chi connectivity index (χ4v) is 2.94. The van der Waals surface area contributed by atoms with Gasteiger partial charge >= 0.3 is 0 Å². The van der Waals surface area contributed by atoms with Crippen molar-refractivity contribution in [2.45, 2.75) is 32.2 Å². The number of rotatable bonds is 4. The lowest BCUT2D eigenvalue weighted by molar-refractivity contribution is 0.423. The van der Waals surface area contributed by atoms with Crippen molar-refractivity contribution in [1.82, 2.24) is 5.32 Å². The first-order valence-electron chi connectivity index (χ1n) is 6.64. The van der Waals surface area contributed by atoms with Crippen molar-refractivity contribution in [3.8, 4) is 0 Å². The summed E-state index contributed by atoms with van der Waals surface area (Å²) >= 11 is 3.51. The third kappa shape index (κ3) is 3.45. The molecule has 1 unspecified atom stereocenters. The van der Waals surface area contributed by atoms with Crippen LogP contribution < -0.4 is 10.2 Å². The number of hydrogen-bond donors (Lipinski definition) is 1. The SMILES string of the molecule is CCCNC1CCCN(c2cc(F)ccc2Br)C1. The fraction of sp³-hybridized carbons (Fsp3) is 0.571. The number of nitrogens with one attached hydrogen (secondary N) is 1. The molecule has 1 aliphatic heterocycles. The molecular formula is C14H20BrFN2. The Morgan fingerprint density at radius 1 is 1.50 bits per heavy atom. The van der Waals surface area contributed by atoms with Crippen LogP contribution >= 0.6 is 15.9 Å². The van der Waals surface area contributed by atoms with E-state index in [2.05, 4.69) is 33.1 Å². The highest BCUT2D eigenvalue weighted by molar-refractivity contribution is 9.10. The summed E-state index contributed by atoms with van der Waals surface area (Å²) in [6, 6.07) is 5.42. The van der Waals surface area contributed by atoms with E-state index in [1.807, 2.05) is 0 Å². The molecule has 1 aromatic carbocycles. The Balaban J connectivity index is 2.05. The molecule has 4 heteroatoms. The van der Waals surface area contributed by atoms with Crippen molar-refractivity contribution in [1.29, 1.82) is 0 Å². The Kier molecular flexibility index (Phi) is 5.01. The molecule has 1 atom stereocenters. The van der Waals surface area contributed by atoms with Crippen LogP contribution in [-0.2, 0) is 0 Å². The Morgan fingerprint density at radius 2 is 2.33 bits per heavy atom. The van der Waals surface area contributed by atoms with Gasteiger partial charge in [-0.25, -0.2) is 4.39 Å². The number of piperidine rings is 1. The molecule has 1 aliphatic rings. The molecule has 0 bridgehead atoms. The van der Waals surface area contributed by atoms with E-state index in [9.17, 15) is 4.39 Å². The molecule has 0 amide bonds. The molecule has 0 radical (unpaired) electrons. The molecule has 1 N–H and O–H groups in total. The van der Waals surface area contributed by atoms with E-state index >= 15 is 0 Å². The minimum atomic E-state index is -0.170. The highest BCUT2D eigenvalue weighted by Gasteiger charge is 2.21. The first-order valence-corrected chi connectivity index (χ1v) is 7.43. The first-order chi connectivity index (χ1) is 8.70. The van der Waals surface area contributed by atoms with E-state index in [0.717, 1.165) is 42.6 Å². The second kappa shape index (κ2) is 6.53. The van der Waals surface area contributed by atoms with Gasteiger partial charge in [-0.1, -0.05) is 6.92 Å². The van der Waals surface area contributed by atoms with Crippen molar-refractivity contribution in [3.63, 3.8) is 0 Å². The quantitative estimate of drug-likeness (QED) is 0.914. The van der Waals surface area contributed by atoms with Crippen molar-refractivity contribution in [2.24, 2.45) is 0 Å². The average molecular weight is 315 g/mol. The summed E-state index contributed by atoms with van der Waals surface area (Å²) in [6.07, 6.45) is 3.52. The van der Waals surface area contributed by atoms with Gasteiger partial charge in [0, 0.05) is 23.6 Å². The van der Waals surface area contributed by atoms with Gasteiger partial charge in [-0.2, -0.15) is 0 Å². The molecule has 100 valence electrons. The zero-order chi connectivity index (χ0) is 13.0. The zero-order valence-corrected chi connectivity index (χ0v) is 12.3. The van der Waals surface area contributed by atoms with E-state index in [1.54, 1.807) is 12.1 Å². The molecule has 1 aromatic rings. The first kappa shape index (κ1) is 13.8. The number of anilines is 1. The molecule has 2 rings (SSSR count). The van der Waals surface area contributed by atoms with Crippen LogP contribution in [-0.4, -0.2) is 25.7 Å². The van der Waals surface area contributed by atoms with Crippen LogP contribution in [0.15, 0.2) is 22.7 Å². The number of halogens is 2. The summed E-state index contributed by atoms with van der Waals surface area (Å²) in [7, 11) is 0. The molecule has 1 heterocycles. The minimum Gasteiger partial charge on any atom is -0.369 e. The second-order valence-electron chi connectivity index (χ2n) is 4.84. The lowest BCUT2D eigenvalue weighted by atomic mass is 10.0. The van der Waals surface area contributed by atoms with Crippen molar-refractivity contribution >= 4 is 21.6 Å².